The molecule has 0 radical (unpaired) electrons. The fourth-order valence-electron chi connectivity index (χ4n) is 4.24. The first-order chi connectivity index (χ1) is 17.0. The van der Waals surface area contributed by atoms with Crippen LogP contribution in [0.4, 0.5) is 4.39 Å². The number of aromatic amines is 1. The zero-order chi connectivity index (χ0) is 24.4. The smallest absolute Gasteiger partial charge is 0.281 e. The van der Waals surface area contributed by atoms with Gasteiger partial charge in [0.15, 0.2) is 17.8 Å². The Hall–Kier alpha value is -4.08. The number of piperidine rings is 1. The largest absolute Gasteiger partial charge is 0.484 e. The van der Waals surface area contributed by atoms with Gasteiger partial charge in [0.25, 0.3) is 11.5 Å². The summed E-state index contributed by atoms with van der Waals surface area (Å²) in [4.78, 5) is 34.7. The second-order valence-electron chi connectivity index (χ2n) is 8.78. The number of hydrogen-bond acceptors (Lipinski definition) is 6. The highest BCUT2D eigenvalue weighted by Gasteiger charge is 2.27. The maximum Gasteiger partial charge on any atom is 0.281 e. The SMILES string of the molecule is Cc1ccc(Cn2nnc3c(=O)[nH]c(C4CCCN(C(=O)COc5ccc(F)cc5)C4)nc32)cc1. The summed E-state index contributed by atoms with van der Waals surface area (Å²) >= 11 is 0. The summed E-state index contributed by atoms with van der Waals surface area (Å²) < 4.78 is 20.2. The normalized spacial score (nSPS) is 15.9. The first-order valence-electron chi connectivity index (χ1n) is 11.5. The van der Waals surface area contributed by atoms with E-state index in [-0.39, 0.29) is 35.3 Å². The van der Waals surface area contributed by atoms with Gasteiger partial charge in [0.1, 0.15) is 17.4 Å². The Morgan fingerprint density at radius 3 is 2.71 bits per heavy atom. The summed E-state index contributed by atoms with van der Waals surface area (Å²) in [6.45, 7) is 3.34. The van der Waals surface area contributed by atoms with E-state index in [2.05, 4.69) is 15.3 Å². The van der Waals surface area contributed by atoms with Crippen LogP contribution >= 0.6 is 0 Å². The average molecular weight is 477 g/mol. The minimum atomic E-state index is -0.364. The number of hydrogen-bond donors (Lipinski definition) is 1. The number of ether oxygens (including phenoxy) is 1. The number of likely N-dealkylation sites (tertiary alicyclic amines) is 1. The molecule has 10 heteroatoms. The molecule has 0 spiro atoms. The molecular formula is C25H25FN6O3. The minimum absolute atomic E-state index is 0.127. The summed E-state index contributed by atoms with van der Waals surface area (Å²) in [5.74, 6) is 0.286. The number of carbonyl (C=O) groups excluding carboxylic acids is 1. The molecule has 1 atom stereocenters. The number of carbonyl (C=O) groups is 1. The van der Waals surface area contributed by atoms with Crippen molar-refractivity contribution in [2.24, 2.45) is 0 Å². The molecule has 1 fully saturated rings. The average Bonchev–Trinajstić information content (AvgIpc) is 3.28. The molecule has 1 N–H and O–H groups in total. The van der Waals surface area contributed by atoms with E-state index in [1.165, 1.54) is 24.3 Å². The van der Waals surface area contributed by atoms with Crippen molar-refractivity contribution in [2.75, 3.05) is 19.7 Å². The van der Waals surface area contributed by atoms with Crippen molar-refractivity contribution in [1.29, 1.82) is 0 Å². The van der Waals surface area contributed by atoms with Crippen LogP contribution < -0.4 is 10.3 Å². The van der Waals surface area contributed by atoms with E-state index in [0.717, 1.165) is 24.0 Å². The molecule has 1 aliphatic rings. The molecule has 1 amide bonds. The molecule has 2 aromatic carbocycles. The van der Waals surface area contributed by atoms with Crippen molar-refractivity contribution in [1.82, 2.24) is 29.9 Å². The fraction of sp³-hybridized carbons (Fsp3) is 0.320. The van der Waals surface area contributed by atoms with Crippen LogP contribution in [0.25, 0.3) is 11.2 Å². The van der Waals surface area contributed by atoms with Crippen LogP contribution in [0.1, 0.15) is 35.7 Å². The van der Waals surface area contributed by atoms with E-state index in [0.29, 0.717) is 36.9 Å². The van der Waals surface area contributed by atoms with Crippen LogP contribution in [0.2, 0.25) is 0 Å². The van der Waals surface area contributed by atoms with Crippen LogP contribution in [-0.2, 0) is 11.3 Å². The predicted molar refractivity (Wildman–Crippen MR) is 127 cm³/mol. The van der Waals surface area contributed by atoms with Gasteiger partial charge in [-0.05, 0) is 49.6 Å². The lowest BCUT2D eigenvalue weighted by Gasteiger charge is -2.32. The molecule has 0 saturated carbocycles. The third-order valence-electron chi connectivity index (χ3n) is 6.18. The summed E-state index contributed by atoms with van der Waals surface area (Å²) in [5, 5.41) is 8.16. The van der Waals surface area contributed by atoms with Crippen LogP contribution in [-0.4, -0.2) is 55.5 Å². The van der Waals surface area contributed by atoms with E-state index in [9.17, 15) is 14.0 Å². The fourth-order valence-corrected chi connectivity index (χ4v) is 4.24. The van der Waals surface area contributed by atoms with Crippen molar-refractivity contribution >= 4 is 17.1 Å². The minimum Gasteiger partial charge on any atom is -0.484 e. The molecule has 2 aromatic heterocycles. The highest BCUT2D eigenvalue weighted by Crippen LogP contribution is 2.25. The number of nitrogens with zero attached hydrogens (tertiary/aromatic N) is 5. The first kappa shape index (κ1) is 22.7. The summed E-state index contributed by atoms with van der Waals surface area (Å²) in [6.07, 6.45) is 1.56. The monoisotopic (exact) mass is 476 g/mol. The molecule has 4 aromatic rings. The van der Waals surface area contributed by atoms with Crippen LogP contribution in [0, 0.1) is 12.7 Å². The number of rotatable bonds is 6. The molecular weight excluding hydrogens is 451 g/mol. The maximum atomic E-state index is 13.1. The molecule has 5 rings (SSSR count). The lowest BCUT2D eigenvalue weighted by atomic mass is 9.97. The Bertz CT molecular complexity index is 1400. The molecule has 3 heterocycles. The zero-order valence-electron chi connectivity index (χ0n) is 19.3. The first-order valence-corrected chi connectivity index (χ1v) is 11.5. The highest BCUT2D eigenvalue weighted by molar-refractivity contribution is 5.78. The summed E-state index contributed by atoms with van der Waals surface area (Å²) in [7, 11) is 0. The molecule has 1 aliphatic heterocycles. The van der Waals surface area contributed by atoms with Crippen LogP contribution in [0.15, 0.2) is 53.3 Å². The number of benzene rings is 2. The van der Waals surface area contributed by atoms with Gasteiger partial charge in [0.2, 0.25) is 0 Å². The van der Waals surface area contributed by atoms with Crippen molar-refractivity contribution in [3.8, 4) is 5.75 Å². The molecule has 180 valence electrons. The molecule has 0 aliphatic carbocycles. The molecule has 1 unspecified atom stereocenters. The van der Waals surface area contributed by atoms with Crippen LogP contribution in [0.3, 0.4) is 0 Å². The third kappa shape index (κ3) is 5.06. The van der Waals surface area contributed by atoms with Crippen LogP contribution in [0.5, 0.6) is 5.75 Å². The van der Waals surface area contributed by atoms with Gasteiger partial charge in [-0.1, -0.05) is 35.0 Å². The number of aromatic nitrogens is 5. The second-order valence-corrected chi connectivity index (χ2v) is 8.78. The number of halogens is 1. The quantitative estimate of drug-likeness (QED) is 0.459. The van der Waals surface area contributed by atoms with Gasteiger partial charge in [-0.15, -0.1) is 5.10 Å². The predicted octanol–water partition coefficient (Wildman–Crippen LogP) is 2.80. The number of nitrogens with one attached hydrogen (secondary N) is 1. The summed E-state index contributed by atoms with van der Waals surface area (Å²) in [6, 6.07) is 13.6. The van der Waals surface area contributed by atoms with Gasteiger partial charge in [0, 0.05) is 19.0 Å². The topological polar surface area (TPSA) is 106 Å². The number of aryl methyl sites for hydroxylation is 1. The molecule has 9 nitrogen and oxygen atoms in total. The molecule has 1 saturated heterocycles. The van der Waals surface area contributed by atoms with Gasteiger partial charge in [-0.2, -0.15) is 0 Å². The molecule has 0 bridgehead atoms. The maximum absolute atomic E-state index is 13.1. The van der Waals surface area contributed by atoms with Crippen molar-refractivity contribution < 1.29 is 13.9 Å². The Morgan fingerprint density at radius 2 is 1.94 bits per heavy atom. The Balaban J connectivity index is 1.31. The molecule has 35 heavy (non-hydrogen) atoms. The zero-order valence-corrected chi connectivity index (χ0v) is 19.3. The van der Waals surface area contributed by atoms with Crippen molar-refractivity contribution in [3.05, 3.63) is 81.7 Å². The van der Waals surface area contributed by atoms with Gasteiger partial charge >= 0.3 is 0 Å². The number of H-pyrrole nitrogens is 1. The van der Waals surface area contributed by atoms with E-state index in [1.807, 2.05) is 31.2 Å². The Morgan fingerprint density at radius 1 is 1.17 bits per heavy atom. The number of fused-ring (bicyclic) bond motifs is 1. The number of amides is 1. The lowest BCUT2D eigenvalue weighted by Crippen LogP contribution is -2.42. The second kappa shape index (κ2) is 9.65. The van der Waals surface area contributed by atoms with Crippen molar-refractivity contribution in [2.45, 2.75) is 32.2 Å². The summed E-state index contributed by atoms with van der Waals surface area (Å²) in [5.41, 5.74) is 2.46. The van der Waals surface area contributed by atoms with E-state index >= 15 is 0 Å². The van der Waals surface area contributed by atoms with Gasteiger partial charge < -0.3 is 14.6 Å². The van der Waals surface area contributed by atoms with E-state index in [4.69, 9.17) is 9.72 Å². The Labute approximate surface area is 200 Å². The van der Waals surface area contributed by atoms with Gasteiger partial charge in [-0.3, -0.25) is 9.59 Å². The Kier molecular flexibility index (Phi) is 6.26. The lowest BCUT2D eigenvalue weighted by molar-refractivity contribution is -0.134. The standard InChI is InChI=1S/C25H25FN6O3/c1-16-4-6-17(7-5-16)13-32-24-22(29-30-32)25(34)28-23(27-24)18-3-2-12-31(14-18)21(33)15-35-20-10-8-19(26)9-11-20/h4-11,18H,2-3,12-15H2,1H3,(H,27,28,34). The third-order valence-corrected chi connectivity index (χ3v) is 6.18. The van der Waals surface area contributed by atoms with Gasteiger partial charge in [0.05, 0.1) is 6.54 Å². The van der Waals surface area contributed by atoms with E-state index < -0.39 is 0 Å². The van der Waals surface area contributed by atoms with Crippen molar-refractivity contribution in [3.63, 3.8) is 0 Å². The van der Waals surface area contributed by atoms with E-state index in [1.54, 1.807) is 9.58 Å². The highest BCUT2D eigenvalue weighted by atomic mass is 19.1. The van der Waals surface area contributed by atoms with Gasteiger partial charge in [-0.25, -0.2) is 14.1 Å².